The van der Waals surface area contributed by atoms with Crippen LogP contribution < -0.4 is 0 Å². The molecule has 1 fully saturated rings. The van der Waals surface area contributed by atoms with Crippen molar-refractivity contribution in [3.05, 3.63) is 34.6 Å². The van der Waals surface area contributed by atoms with E-state index in [9.17, 15) is 14.0 Å². The standard InChI is InChI=1S/C22H32ClFN2O3/c1-4-15(3)12-19(17(5-2)18-7-6-16(23)13-20(18)24)22(29)26-10-8-25(9-11-26)14-21(27)28/h6-7,13,15,17,19H,4-5,8-12,14H2,1-3H3,(H,27,28)/t15?,17-,19?/m0/s1. The first-order valence-corrected chi connectivity index (χ1v) is 10.8. The number of hydrogen-bond acceptors (Lipinski definition) is 3. The Morgan fingerprint density at radius 2 is 1.83 bits per heavy atom. The van der Waals surface area contributed by atoms with E-state index in [0.29, 0.717) is 55.5 Å². The van der Waals surface area contributed by atoms with Gasteiger partial charge in [0.25, 0.3) is 0 Å². The Morgan fingerprint density at radius 3 is 2.34 bits per heavy atom. The minimum atomic E-state index is -0.858. The summed E-state index contributed by atoms with van der Waals surface area (Å²) in [6.45, 7) is 8.29. The molecule has 1 saturated heterocycles. The number of halogens is 2. The molecule has 0 spiro atoms. The zero-order valence-electron chi connectivity index (χ0n) is 17.5. The molecule has 2 unspecified atom stereocenters. The molecule has 0 aromatic heterocycles. The van der Waals surface area contributed by atoms with Crippen molar-refractivity contribution in [1.82, 2.24) is 9.80 Å². The highest BCUT2D eigenvalue weighted by Gasteiger charge is 2.35. The lowest BCUT2D eigenvalue weighted by atomic mass is 9.77. The molecule has 1 heterocycles. The van der Waals surface area contributed by atoms with Gasteiger partial charge in [0.05, 0.1) is 6.54 Å². The van der Waals surface area contributed by atoms with Crippen LogP contribution in [0.15, 0.2) is 18.2 Å². The second-order valence-electron chi connectivity index (χ2n) is 8.03. The maximum atomic E-state index is 14.7. The predicted molar refractivity (Wildman–Crippen MR) is 113 cm³/mol. The number of benzene rings is 1. The summed E-state index contributed by atoms with van der Waals surface area (Å²) in [5.74, 6) is -1.35. The minimum absolute atomic E-state index is 0.00804. The van der Waals surface area contributed by atoms with Crippen LogP contribution in [0.5, 0.6) is 0 Å². The van der Waals surface area contributed by atoms with E-state index in [4.69, 9.17) is 16.7 Å². The van der Waals surface area contributed by atoms with Crippen molar-refractivity contribution in [3.8, 4) is 0 Å². The van der Waals surface area contributed by atoms with Gasteiger partial charge in [0.1, 0.15) is 5.82 Å². The van der Waals surface area contributed by atoms with Gasteiger partial charge in [-0.2, -0.15) is 0 Å². The van der Waals surface area contributed by atoms with Crippen LogP contribution >= 0.6 is 11.6 Å². The topological polar surface area (TPSA) is 60.9 Å². The average molecular weight is 427 g/mol. The SMILES string of the molecule is CCC(C)CC(C(=O)N1CCN(CC(=O)O)CC1)[C@@H](CC)c1ccc(Cl)cc1F. The maximum absolute atomic E-state index is 14.7. The van der Waals surface area contributed by atoms with Gasteiger partial charge < -0.3 is 10.0 Å². The van der Waals surface area contributed by atoms with Crippen LogP contribution in [0, 0.1) is 17.7 Å². The van der Waals surface area contributed by atoms with E-state index in [1.807, 2.05) is 16.7 Å². The van der Waals surface area contributed by atoms with E-state index in [-0.39, 0.29) is 30.1 Å². The monoisotopic (exact) mass is 426 g/mol. The first kappa shape index (κ1) is 23.6. The number of piperazine rings is 1. The third kappa shape index (κ3) is 6.41. The Bertz CT molecular complexity index is 707. The Kier molecular flexibility index (Phi) is 8.90. The Morgan fingerprint density at radius 1 is 1.17 bits per heavy atom. The summed E-state index contributed by atoms with van der Waals surface area (Å²) in [5, 5.41) is 9.31. The first-order chi connectivity index (χ1) is 13.8. The van der Waals surface area contributed by atoms with Gasteiger partial charge in [-0.05, 0) is 42.4 Å². The molecule has 1 aromatic rings. The normalized spacial score (nSPS) is 18.3. The molecule has 1 amide bonds. The summed E-state index contributed by atoms with van der Waals surface area (Å²) < 4.78 is 14.7. The lowest BCUT2D eigenvalue weighted by molar-refractivity contribution is -0.141. The molecule has 5 nitrogen and oxygen atoms in total. The summed E-state index contributed by atoms with van der Waals surface area (Å²) in [4.78, 5) is 28.1. The molecule has 1 aliphatic heterocycles. The molecule has 0 radical (unpaired) electrons. The Labute approximate surface area is 177 Å². The van der Waals surface area contributed by atoms with E-state index in [2.05, 4.69) is 13.8 Å². The lowest BCUT2D eigenvalue weighted by Crippen LogP contribution is -2.52. The third-order valence-corrected chi connectivity index (χ3v) is 6.24. The molecule has 0 saturated carbocycles. The van der Waals surface area contributed by atoms with Crippen molar-refractivity contribution >= 4 is 23.5 Å². The van der Waals surface area contributed by atoms with Gasteiger partial charge in [-0.25, -0.2) is 4.39 Å². The number of carbonyl (C=O) groups is 2. The Balaban J connectivity index is 2.22. The summed E-state index contributed by atoms with van der Waals surface area (Å²) >= 11 is 5.92. The van der Waals surface area contributed by atoms with Gasteiger partial charge in [-0.1, -0.05) is 44.9 Å². The Hall–Kier alpha value is -1.66. The summed E-state index contributed by atoms with van der Waals surface area (Å²) in [7, 11) is 0. The number of carboxylic acids is 1. The predicted octanol–water partition coefficient (Wildman–Crippen LogP) is 4.25. The minimum Gasteiger partial charge on any atom is -0.480 e. The molecule has 0 aliphatic carbocycles. The van der Waals surface area contributed by atoms with Gasteiger partial charge in [0.2, 0.25) is 5.91 Å². The largest absolute Gasteiger partial charge is 0.480 e. The van der Waals surface area contributed by atoms with Crippen molar-refractivity contribution in [2.45, 2.75) is 46.0 Å². The fourth-order valence-electron chi connectivity index (χ4n) is 4.11. The lowest BCUT2D eigenvalue weighted by Gasteiger charge is -2.38. The molecule has 2 rings (SSSR count). The number of rotatable bonds is 9. The van der Waals surface area contributed by atoms with Crippen molar-refractivity contribution in [3.63, 3.8) is 0 Å². The highest BCUT2D eigenvalue weighted by molar-refractivity contribution is 6.30. The van der Waals surface area contributed by atoms with E-state index in [1.165, 1.54) is 6.07 Å². The van der Waals surface area contributed by atoms with Crippen molar-refractivity contribution in [2.24, 2.45) is 11.8 Å². The molecule has 3 atom stereocenters. The summed E-state index contributed by atoms with van der Waals surface area (Å²) in [6.07, 6.45) is 2.31. The molecule has 29 heavy (non-hydrogen) atoms. The highest BCUT2D eigenvalue weighted by atomic mass is 35.5. The van der Waals surface area contributed by atoms with Gasteiger partial charge in [0, 0.05) is 37.1 Å². The first-order valence-electron chi connectivity index (χ1n) is 10.4. The molecular weight excluding hydrogens is 395 g/mol. The number of carbonyl (C=O) groups excluding carboxylic acids is 1. The van der Waals surface area contributed by atoms with E-state index in [1.54, 1.807) is 12.1 Å². The van der Waals surface area contributed by atoms with Gasteiger partial charge in [-0.15, -0.1) is 0 Å². The van der Waals surface area contributed by atoms with Gasteiger partial charge in [-0.3, -0.25) is 14.5 Å². The number of nitrogens with zero attached hydrogens (tertiary/aromatic N) is 2. The third-order valence-electron chi connectivity index (χ3n) is 6.00. The van der Waals surface area contributed by atoms with Crippen LogP contribution in [-0.4, -0.2) is 59.5 Å². The van der Waals surface area contributed by atoms with Gasteiger partial charge >= 0.3 is 5.97 Å². The number of aliphatic carboxylic acids is 1. The van der Waals surface area contributed by atoms with Crippen molar-refractivity contribution < 1.29 is 19.1 Å². The maximum Gasteiger partial charge on any atom is 0.317 e. The zero-order chi connectivity index (χ0) is 21.6. The zero-order valence-corrected chi connectivity index (χ0v) is 18.3. The number of carboxylic acid groups (broad SMARTS) is 1. The second-order valence-corrected chi connectivity index (χ2v) is 8.47. The van der Waals surface area contributed by atoms with Crippen LogP contribution in [0.25, 0.3) is 0 Å². The average Bonchev–Trinajstić information content (AvgIpc) is 2.68. The van der Waals surface area contributed by atoms with E-state index < -0.39 is 5.97 Å². The molecular formula is C22H32ClFN2O3. The van der Waals surface area contributed by atoms with Crippen LogP contribution in [0.2, 0.25) is 5.02 Å². The van der Waals surface area contributed by atoms with Crippen molar-refractivity contribution in [2.75, 3.05) is 32.7 Å². The second kappa shape index (κ2) is 10.9. The van der Waals surface area contributed by atoms with Gasteiger partial charge in [0.15, 0.2) is 0 Å². The highest BCUT2D eigenvalue weighted by Crippen LogP contribution is 2.36. The van der Waals surface area contributed by atoms with E-state index >= 15 is 0 Å². The fourth-order valence-corrected chi connectivity index (χ4v) is 4.27. The fraction of sp³-hybridized carbons (Fsp3) is 0.636. The quantitative estimate of drug-likeness (QED) is 0.641. The molecule has 162 valence electrons. The van der Waals surface area contributed by atoms with E-state index in [0.717, 1.165) is 6.42 Å². The molecule has 7 heteroatoms. The molecule has 1 aromatic carbocycles. The van der Waals surface area contributed by atoms with Crippen LogP contribution in [0.3, 0.4) is 0 Å². The molecule has 0 bridgehead atoms. The smallest absolute Gasteiger partial charge is 0.317 e. The van der Waals surface area contributed by atoms with Crippen LogP contribution in [0.1, 0.15) is 51.5 Å². The summed E-state index contributed by atoms with van der Waals surface area (Å²) in [6, 6.07) is 4.70. The molecule has 1 aliphatic rings. The summed E-state index contributed by atoms with van der Waals surface area (Å²) in [5.41, 5.74) is 0.545. The number of hydrogen-bond donors (Lipinski definition) is 1. The molecule has 1 N–H and O–H groups in total. The van der Waals surface area contributed by atoms with Crippen LogP contribution in [-0.2, 0) is 9.59 Å². The van der Waals surface area contributed by atoms with Crippen molar-refractivity contribution in [1.29, 1.82) is 0 Å². The number of amides is 1. The van der Waals surface area contributed by atoms with Crippen LogP contribution in [0.4, 0.5) is 4.39 Å².